The van der Waals surface area contributed by atoms with Crippen molar-refractivity contribution in [3.63, 3.8) is 0 Å². The molecule has 3 heterocycles. The lowest BCUT2D eigenvalue weighted by Gasteiger charge is -2.12. The number of pyridine rings is 1. The number of halogens is 1. The van der Waals surface area contributed by atoms with Crippen molar-refractivity contribution in [2.24, 2.45) is 0 Å². The van der Waals surface area contributed by atoms with E-state index in [0.717, 1.165) is 37.0 Å². The van der Waals surface area contributed by atoms with E-state index in [0.29, 0.717) is 11.6 Å². The van der Waals surface area contributed by atoms with Crippen LogP contribution in [0.4, 0.5) is 5.69 Å². The van der Waals surface area contributed by atoms with Gasteiger partial charge >= 0.3 is 0 Å². The Kier molecular flexibility index (Phi) is 6.15. The van der Waals surface area contributed by atoms with Gasteiger partial charge in [0.1, 0.15) is 14.2 Å². The lowest BCUT2D eigenvalue weighted by atomic mass is 10.2. The van der Waals surface area contributed by atoms with Gasteiger partial charge in [-0.15, -0.1) is 11.3 Å². The van der Waals surface area contributed by atoms with Crippen LogP contribution in [0.1, 0.15) is 18.2 Å². The molecule has 0 unspecified atom stereocenters. The zero-order valence-electron chi connectivity index (χ0n) is 18.4. The van der Waals surface area contributed by atoms with Gasteiger partial charge in [-0.1, -0.05) is 53.7 Å². The maximum Gasteiger partial charge on any atom is 0.271 e. The maximum atomic E-state index is 13.4. The van der Waals surface area contributed by atoms with Crippen LogP contribution >= 0.6 is 34.7 Å². The molecule has 0 atom stereocenters. The first-order valence-electron chi connectivity index (χ1n) is 10.7. The molecule has 1 aliphatic heterocycles. The standard InChI is InChI=1S/C26H23ClN3OS2/c1-3-30-23(16-20-11-7-8-14-29(20)17-18-9-5-4-6-10-18)33-24(25(30)31)26-28(2)21-15-19(27)12-13-22(21)32-26/h4-16H,3,17H2,1-2H3/q+1/b26-24+. The van der Waals surface area contributed by atoms with Gasteiger partial charge in [-0.2, -0.15) is 4.57 Å². The summed E-state index contributed by atoms with van der Waals surface area (Å²) < 4.78 is 5.77. The molecule has 1 aliphatic rings. The van der Waals surface area contributed by atoms with E-state index >= 15 is 0 Å². The Morgan fingerprint density at radius 3 is 2.64 bits per heavy atom. The second kappa shape index (κ2) is 9.21. The molecule has 0 spiro atoms. The molecule has 33 heavy (non-hydrogen) atoms. The molecular formula is C26H23ClN3OS2+. The highest BCUT2D eigenvalue weighted by molar-refractivity contribution is 8.08. The monoisotopic (exact) mass is 492 g/mol. The summed E-state index contributed by atoms with van der Waals surface area (Å²) in [4.78, 5) is 16.6. The Balaban J connectivity index is 1.63. The van der Waals surface area contributed by atoms with Crippen molar-refractivity contribution in [2.75, 3.05) is 11.9 Å². The first-order valence-corrected chi connectivity index (χ1v) is 12.8. The van der Waals surface area contributed by atoms with E-state index < -0.39 is 0 Å². The number of thiazole rings is 1. The zero-order valence-corrected chi connectivity index (χ0v) is 20.8. The molecule has 0 saturated heterocycles. The summed E-state index contributed by atoms with van der Waals surface area (Å²) in [7, 11) is 1.99. The van der Waals surface area contributed by atoms with Gasteiger partial charge in [0.05, 0.1) is 5.69 Å². The molecule has 7 heteroatoms. The number of fused-ring (bicyclic) bond motifs is 1. The van der Waals surface area contributed by atoms with Crippen molar-refractivity contribution < 1.29 is 4.57 Å². The minimum Gasteiger partial charge on any atom is -0.337 e. The number of nitrogens with zero attached hydrogens (tertiary/aromatic N) is 3. The van der Waals surface area contributed by atoms with Crippen LogP contribution in [0.15, 0.2) is 82.6 Å². The van der Waals surface area contributed by atoms with Crippen molar-refractivity contribution in [1.82, 2.24) is 4.57 Å². The highest BCUT2D eigenvalue weighted by Gasteiger charge is 2.25. The predicted octanol–water partition coefficient (Wildman–Crippen LogP) is 4.06. The van der Waals surface area contributed by atoms with Gasteiger partial charge < -0.3 is 4.90 Å². The summed E-state index contributed by atoms with van der Waals surface area (Å²) in [6.07, 6.45) is 4.20. The fourth-order valence-corrected chi connectivity index (χ4v) is 6.57. The lowest BCUT2D eigenvalue weighted by Crippen LogP contribution is -2.38. The molecule has 0 fully saturated rings. The molecule has 2 aromatic carbocycles. The van der Waals surface area contributed by atoms with Crippen LogP contribution in [0.2, 0.25) is 5.02 Å². The van der Waals surface area contributed by atoms with Crippen molar-refractivity contribution in [3.8, 4) is 0 Å². The van der Waals surface area contributed by atoms with Gasteiger partial charge in [0.2, 0.25) is 5.69 Å². The SMILES string of the molecule is CCn1c(=O)/c(=C2\Sc3ccc(Cl)cc3N2C)s/c1=C\c1cccc[n+]1Cc1ccccc1. The topological polar surface area (TPSA) is 29.1 Å². The van der Waals surface area contributed by atoms with E-state index in [1.165, 1.54) is 5.56 Å². The first kappa shape index (κ1) is 22.0. The van der Waals surface area contributed by atoms with Crippen molar-refractivity contribution in [3.05, 3.63) is 109 Å². The number of rotatable bonds is 4. The smallest absolute Gasteiger partial charge is 0.271 e. The molecule has 166 valence electrons. The predicted molar refractivity (Wildman–Crippen MR) is 138 cm³/mol. The summed E-state index contributed by atoms with van der Waals surface area (Å²) in [5, 5.41) is 1.65. The fraction of sp³-hybridized carbons (Fsp3) is 0.154. The summed E-state index contributed by atoms with van der Waals surface area (Å²) in [5.41, 5.74) is 3.38. The Labute approximate surface area is 205 Å². The maximum absolute atomic E-state index is 13.4. The third kappa shape index (κ3) is 4.26. The zero-order chi connectivity index (χ0) is 22.9. The van der Waals surface area contributed by atoms with Crippen LogP contribution < -0.4 is 24.2 Å². The Morgan fingerprint density at radius 1 is 1.06 bits per heavy atom. The van der Waals surface area contributed by atoms with Gasteiger partial charge in [-0.05, 0) is 31.2 Å². The lowest BCUT2D eigenvalue weighted by molar-refractivity contribution is -0.690. The summed E-state index contributed by atoms with van der Waals surface area (Å²) in [6, 6.07) is 22.4. The second-order valence-electron chi connectivity index (χ2n) is 7.78. The molecule has 4 aromatic rings. The normalized spacial score (nSPS) is 15.2. The summed E-state index contributed by atoms with van der Waals surface area (Å²) >= 11 is 9.38. The second-order valence-corrected chi connectivity index (χ2v) is 10.3. The molecule has 0 bridgehead atoms. The summed E-state index contributed by atoms with van der Waals surface area (Å²) in [5.74, 6) is 0. The number of anilines is 1. The van der Waals surface area contributed by atoms with Crippen molar-refractivity contribution in [1.29, 1.82) is 0 Å². The average molecular weight is 493 g/mol. The fourth-order valence-electron chi connectivity index (χ4n) is 3.96. The van der Waals surface area contributed by atoms with E-state index in [1.54, 1.807) is 23.1 Å². The van der Waals surface area contributed by atoms with Crippen LogP contribution in [-0.4, -0.2) is 11.6 Å². The van der Waals surface area contributed by atoms with Gasteiger partial charge in [0.25, 0.3) is 5.56 Å². The minimum atomic E-state index is 0.0487. The Morgan fingerprint density at radius 2 is 1.85 bits per heavy atom. The van der Waals surface area contributed by atoms with Crippen molar-refractivity contribution in [2.45, 2.75) is 24.9 Å². The number of aromatic nitrogens is 2. The molecule has 2 aromatic heterocycles. The third-order valence-electron chi connectivity index (χ3n) is 5.66. The first-order chi connectivity index (χ1) is 16.0. The number of hydrogen-bond acceptors (Lipinski definition) is 4. The Hall–Kier alpha value is -2.80. The van der Waals surface area contributed by atoms with E-state index in [-0.39, 0.29) is 5.56 Å². The minimum absolute atomic E-state index is 0.0487. The van der Waals surface area contributed by atoms with Gasteiger partial charge in [-0.3, -0.25) is 9.36 Å². The molecular weight excluding hydrogens is 470 g/mol. The van der Waals surface area contributed by atoms with E-state index in [4.69, 9.17) is 11.6 Å². The van der Waals surface area contributed by atoms with E-state index in [9.17, 15) is 4.79 Å². The molecule has 5 rings (SSSR count). The van der Waals surface area contributed by atoms with Gasteiger partial charge in [0, 0.05) is 47.3 Å². The van der Waals surface area contributed by atoms with E-state index in [1.807, 2.05) is 54.9 Å². The largest absolute Gasteiger partial charge is 0.337 e. The van der Waals surface area contributed by atoms with Crippen LogP contribution in [0.3, 0.4) is 0 Å². The number of thioether (sulfide) groups is 1. The number of hydrogen-bond donors (Lipinski definition) is 0. The van der Waals surface area contributed by atoms with Crippen LogP contribution in [-0.2, 0) is 13.1 Å². The van der Waals surface area contributed by atoms with Crippen molar-refractivity contribution >= 4 is 51.5 Å². The number of benzene rings is 2. The van der Waals surface area contributed by atoms with Crippen LogP contribution in [0, 0.1) is 0 Å². The van der Waals surface area contributed by atoms with Gasteiger partial charge in [-0.25, -0.2) is 0 Å². The van der Waals surface area contributed by atoms with Gasteiger partial charge in [0.15, 0.2) is 12.7 Å². The van der Waals surface area contributed by atoms with Crippen LogP contribution in [0.5, 0.6) is 0 Å². The quantitative estimate of drug-likeness (QED) is 0.402. The molecule has 0 saturated carbocycles. The van der Waals surface area contributed by atoms with E-state index in [2.05, 4.69) is 52.1 Å². The molecule has 0 amide bonds. The molecule has 4 nitrogen and oxygen atoms in total. The average Bonchev–Trinajstić information content (AvgIpc) is 3.31. The Bertz CT molecular complexity index is 1510. The third-order valence-corrected chi connectivity index (χ3v) is 8.38. The van der Waals surface area contributed by atoms with Crippen LogP contribution in [0.25, 0.3) is 11.1 Å². The highest BCUT2D eigenvalue weighted by Crippen LogP contribution is 2.46. The summed E-state index contributed by atoms with van der Waals surface area (Å²) in [6.45, 7) is 3.41. The molecule has 0 N–H and O–H groups in total. The molecule has 0 radical (unpaired) electrons. The highest BCUT2D eigenvalue weighted by atomic mass is 35.5. The molecule has 0 aliphatic carbocycles.